The number of H-pyrrole nitrogens is 2. The van der Waals surface area contributed by atoms with Crippen LogP contribution in [0.4, 0.5) is 0 Å². The molecule has 0 aliphatic heterocycles. The van der Waals surface area contributed by atoms with Gasteiger partial charge in [0, 0.05) is 18.1 Å². The number of aryl methyl sites for hydroxylation is 2. The van der Waals surface area contributed by atoms with Crippen LogP contribution in [-0.2, 0) is 13.0 Å². The first-order valence-corrected chi connectivity index (χ1v) is 7.41. The lowest BCUT2D eigenvalue weighted by Crippen LogP contribution is -2.17. The van der Waals surface area contributed by atoms with Crippen molar-refractivity contribution >= 4 is 22.1 Å². The number of nitrogens with zero attached hydrogens (tertiary/aromatic N) is 2. The first kappa shape index (κ1) is 12.9. The number of hydrogen-bond donors (Lipinski definition) is 2. The van der Waals surface area contributed by atoms with E-state index in [0.29, 0.717) is 6.54 Å². The third-order valence-electron chi connectivity index (χ3n) is 4.00. The van der Waals surface area contributed by atoms with Gasteiger partial charge in [0.1, 0.15) is 5.65 Å². The highest BCUT2D eigenvalue weighted by Gasteiger charge is 2.11. The number of aromatic amines is 2. The van der Waals surface area contributed by atoms with Crippen molar-refractivity contribution in [3.63, 3.8) is 0 Å². The molecule has 5 nitrogen and oxygen atoms in total. The molecule has 0 saturated carbocycles. The standard InChI is InChI=1S/C17H16N4O/c22-17-20-14-11-19-16-13(8-9-18-16)15(14)21(17)10-4-7-12-5-2-1-3-6-12/h1-3,5-6,8-9,11H,4,7,10H2,(H,18,19)(H,20,22). The third kappa shape index (κ3) is 2.11. The lowest BCUT2D eigenvalue weighted by molar-refractivity contribution is 0.640. The molecule has 2 N–H and O–H groups in total. The average molecular weight is 292 g/mol. The Morgan fingerprint density at radius 2 is 2.00 bits per heavy atom. The molecule has 110 valence electrons. The van der Waals surface area contributed by atoms with Crippen molar-refractivity contribution in [2.75, 3.05) is 0 Å². The quantitative estimate of drug-likeness (QED) is 0.607. The summed E-state index contributed by atoms with van der Waals surface area (Å²) in [5.74, 6) is 0. The fourth-order valence-electron chi connectivity index (χ4n) is 2.96. The van der Waals surface area contributed by atoms with Crippen molar-refractivity contribution in [2.24, 2.45) is 0 Å². The summed E-state index contributed by atoms with van der Waals surface area (Å²) < 4.78 is 1.82. The molecule has 0 unspecified atom stereocenters. The van der Waals surface area contributed by atoms with Crippen molar-refractivity contribution in [1.29, 1.82) is 0 Å². The number of aromatic nitrogens is 4. The van der Waals surface area contributed by atoms with E-state index in [1.807, 2.05) is 35.0 Å². The van der Waals surface area contributed by atoms with Gasteiger partial charge in [-0.1, -0.05) is 30.3 Å². The molecule has 22 heavy (non-hydrogen) atoms. The third-order valence-corrected chi connectivity index (χ3v) is 4.00. The fourth-order valence-corrected chi connectivity index (χ4v) is 2.96. The molecule has 0 fully saturated rings. The second kappa shape index (κ2) is 5.18. The zero-order valence-corrected chi connectivity index (χ0v) is 12.0. The average Bonchev–Trinajstić information content (AvgIpc) is 3.12. The number of hydrogen-bond acceptors (Lipinski definition) is 2. The van der Waals surface area contributed by atoms with Gasteiger partial charge in [0.25, 0.3) is 0 Å². The summed E-state index contributed by atoms with van der Waals surface area (Å²) in [6.07, 6.45) is 5.44. The van der Waals surface area contributed by atoms with Crippen LogP contribution >= 0.6 is 0 Å². The first-order valence-electron chi connectivity index (χ1n) is 7.41. The Kier molecular flexibility index (Phi) is 3.04. The second-order valence-electron chi connectivity index (χ2n) is 5.43. The number of nitrogens with one attached hydrogen (secondary N) is 2. The summed E-state index contributed by atoms with van der Waals surface area (Å²) >= 11 is 0. The highest BCUT2D eigenvalue weighted by molar-refractivity contribution is 6.00. The van der Waals surface area contributed by atoms with Crippen molar-refractivity contribution < 1.29 is 0 Å². The predicted molar refractivity (Wildman–Crippen MR) is 87.0 cm³/mol. The Labute approximate surface area is 126 Å². The molecule has 1 aromatic carbocycles. The molecular weight excluding hydrogens is 276 g/mol. The molecular formula is C17H16N4O. The molecule has 4 aromatic rings. The summed E-state index contributed by atoms with van der Waals surface area (Å²) in [6, 6.07) is 12.3. The molecule has 5 heteroatoms. The molecule has 0 radical (unpaired) electrons. The van der Waals surface area contributed by atoms with E-state index in [0.717, 1.165) is 34.9 Å². The fraction of sp³-hybridized carbons (Fsp3) is 0.176. The van der Waals surface area contributed by atoms with Crippen LogP contribution in [-0.4, -0.2) is 19.5 Å². The monoisotopic (exact) mass is 292 g/mol. The zero-order valence-electron chi connectivity index (χ0n) is 12.0. The maximum Gasteiger partial charge on any atom is 0.326 e. The summed E-state index contributed by atoms with van der Waals surface area (Å²) in [7, 11) is 0. The van der Waals surface area contributed by atoms with Gasteiger partial charge in [-0.2, -0.15) is 0 Å². The van der Waals surface area contributed by atoms with E-state index in [4.69, 9.17) is 0 Å². The lowest BCUT2D eigenvalue weighted by Gasteiger charge is -2.04. The van der Waals surface area contributed by atoms with Crippen LogP contribution in [0, 0.1) is 0 Å². The topological polar surface area (TPSA) is 66.5 Å². The summed E-state index contributed by atoms with van der Waals surface area (Å²) in [5.41, 5.74) is 3.76. The Morgan fingerprint density at radius 1 is 1.14 bits per heavy atom. The number of fused-ring (bicyclic) bond motifs is 3. The minimum absolute atomic E-state index is 0.0708. The van der Waals surface area contributed by atoms with Crippen molar-refractivity contribution in [2.45, 2.75) is 19.4 Å². The minimum Gasteiger partial charge on any atom is -0.346 e. The van der Waals surface area contributed by atoms with E-state index in [9.17, 15) is 4.79 Å². The molecule has 3 aromatic heterocycles. The van der Waals surface area contributed by atoms with Gasteiger partial charge in [0.05, 0.1) is 17.2 Å². The van der Waals surface area contributed by atoms with E-state index < -0.39 is 0 Å². The highest BCUT2D eigenvalue weighted by atomic mass is 16.1. The molecule has 0 aliphatic carbocycles. The van der Waals surface area contributed by atoms with Crippen LogP contribution in [0.2, 0.25) is 0 Å². The molecule has 0 amide bonds. The second-order valence-corrected chi connectivity index (χ2v) is 5.43. The van der Waals surface area contributed by atoms with Crippen molar-refractivity contribution in [3.8, 4) is 0 Å². The van der Waals surface area contributed by atoms with Crippen LogP contribution in [0.25, 0.3) is 22.1 Å². The van der Waals surface area contributed by atoms with Crippen LogP contribution < -0.4 is 5.69 Å². The SMILES string of the molecule is O=c1[nH]c2cnc3[nH]ccc3c2n1CCCc1ccccc1. The first-order chi connectivity index (χ1) is 10.8. The predicted octanol–water partition coefficient (Wildman–Crippen LogP) is 2.84. The van der Waals surface area contributed by atoms with Gasteiger partial charge < -0.3 is 9.97 Å². The normalized spacial score (nSPS) is 11.5. The van der Waals surface area contributed by atoms with Crippen molar-refractivity contribution in [1.82, 2.24) is 19.5 Å². The molecule has 4 rings (SSSR count). The van der Waals surface area contributed by atoms with Crippen molar-refractivity contribution in [3.05, 3.63) is 64.8 Å². The Morgan fingerprint density at radius 3 is 2.86 bits per heavy atom. The smallest absolute Gasteiger partial charge is 0.326 e. The molecule has 3 heterocycles. The van der Waals surface area contributed by atoms with E-state index in [1.165, 1.54) is 5.56 Å². The Hall–Kier alpha value is -2.82. The van der Waals surface area contributed by atoms with Crippen LogP contribution in [0.15, 0.2) is 53.6 Å². The number of benzene rings is 1. The van der Waals surface area contributed by atoms with Crippen LogP contribution in [0.3, 0.4) is 0 Å². The summed E-state index contributed by atoms with van der Waals surface area (Å²) in [5, 5.41) is 0.982. The van der Waals surface area contributed by atoms with E-state index >= 15 is 0 Å². The van der Waals surface area contributed by atoms with E-state index in [1.54, 1.807) is 6.20 Å². The molecule has 0 saturated heterocycles. The number of pyridine rings is 1. The molecule has 0 bridgehead atoms. The van der Waals surface area contributed by atoms with Gasteiger partial charge in [0.15, 0.2) is 0 Å². The van der Waals surface area contributed by atoms with E-state index in [2.05, 4.69) is 27.1 Å². The largest absolute Gasteiger partial charge is 0.346 e. The lowest BCUT2D eigenvalue weighted by atomic mass is 10.1. The van der Waals surface area contributed by atoms with Gasteiger partial charge in [-0.15, -0.1) is 0 Å². The van der Waals surface area contributed by atoms with Gasteiger partial charge >= 0.3 is 5.69 Å². The van der Waals surface area contributed by atoms with Gasteiger partial charge in [-0.05, 0) is 24.5 Å². The zero-order chi connectivity index (χ0) is 14.9. The van der Waals surface area contributed by atoms with Crippen LogP contribution in [0.1, 0.15) is 12.0 Å². The maximum absolute atomic E-state index is 12.2. The van der Waals surface area contributed by atoms with Crippen LogP contribution in [0.5, 0.6) is 0 Å². The Balaban J connectivity index is 1.67. The minimum atomic E-state index is -0.0708. The highest BCUT2D eigenvalue weighted by Crippen LogP contribution is 2.20. The number of rotatable bonds is 4. The number of imidazole rings is 1. The van der Waals surface area contributed by atoms with Gasteiger partial charge in [-0.3, -0.25) is 4.57 Å². The maximum atomic E-state index is 12.2. The van der Waals surface area contributed by atoms with Gasteiger partial charge in [0.2, 0.25) is 0 Å². The molecule has 0 spiro atoms. The molecule has 0 aliphatic rings. The molecule has 0 atom stereocenters. The summed E-state index contributed by atoms with van der Waals surface area (Å²) in [6.45, 7) is 0.692. The Bertz CT molecular complexity index is 978. The summed E-state index contributed by atoms with van der Waals surface area (Å²) in [4.78, 5) is 22.5. The van der Waals surface area contributed by atoms with Gasteiger partial charge in [-0.25, -0.2) is 9.78 Å². The van der Waals surface area contributed by atoms with E-state index in [-0.39, 0.29) is 5.69 Å².